The SMILES string of the molecule is OCCNc1nc(Cl)nc2c1ncn2C1CCCCO1. The van der Waals surface area contributed by atoms with Crippen LogP contribution < -0.4 is 5.32 Å². The van der Waals surface area contributed by atoms with Gasteiger partial charge in [-0.1, -0.05) is 0 Å². The highest BCUT2D eigenvalue weighted by Gasteiger charge is 2.20. The second kappa shape index (κ2) is 5.90. The lowest BCUT2D eigenvalue weighted by Crippen LogP contribution is -2.18. The normalized spacial score (nSPS) is 19.4. The summed E-state index contributed by atoms with van der Waals surface area (Å²) in [6, 6.07) is 0. The van der Waals surface area contributed by atoms with Gasteiger partial charge in [-0.2, -0.15) is 9.97 Å². The van der Waals surface area contributed by atoms with Crippen molar-refractivity contribution in [3.05, 3.63) is 11.6 Å². The molecular formula is C12H16ClN5O2. The first-order valence-electron chi connectivity index (χ1n) is 6.66. The van der Waals surface area contributed by atoms with Crippen molar-refractivity contribution in [2.75, 3.05) is 25.1 Å². The molecule has 0 aliphatic carbocycles. The molecule has 0 bridgehead atoms. The minimum Gasteiger partial charge on any atom is -0.395 e. The average Bonchev–Trinajstić information content (AvgIpc) is 2.89. The Morgan fingerprint density at radius 2 is 2.35 bits per heavy atom. The minimum absolute atomic E-state index is 0.00948. The quantitative estimate of drug-likeness (QED) is 0.834. The van der Waals surface area contributed by atoms with E-state index in [4.69, 9.17) is 21.4 Å². The average molecular weight is 298 g/mol. The number of rotatable bonds is 4. The van der Waals surface area contributed by atoms with Crippen molar-refractivity contribution >= 4 is 28.6 Å². The molecule has 7 nitrogen and oxygen atoms in total. The highest BCUT2D eigenvalue weighted by Crippen LogP contribution is 2.28. The molecule has 0 spiro atoms. The van der Waals surface area contributed by atoms with Gasteiger partial charge in [-0.3, -0.25) is 4.57 Å². The number of anilines is 1. The number of ether oxygens (including phenoxy) is 1. The number of aliphatic hydroxyl groups is 1. The zero-order valence-electron chi connectivity index (χ0n) is 10.9. The van der Waals surface area contributed by atoms with E-state index in [1.807, 2.05) is 4.57 Å². The fraction of sp³-hybridized carbons (Fsp3) is 0.583. The summed E-state index contributed by atoms with van der Waals surface area (Å²) < 4.78 is 7.65. The Balaban J connectivity index is 2.00. The number of nitrogens with one attached hydrogen (secondary N) is 1. The van der Waals surface area contributed by atoms with Crippen LogP contribution in [0.15, 0.2) is 6.33 Å². The zero-order valence-corrected chi connectivity index (χ0v) is 11.7. The molecule has 1 unspecified atom stereocenters. The fourth-order valence-corrected chi connectivity index (χ4v) is 2.51. The van der Waals surface area contributed by atoms with Crippen molar-refractivity contribution in [2.24, 2.45) is 0 Å². The maximum absolute atomic E-state index is 8.89. The van der Waals surface area contributed by atoms with E-state index in [-0.39, 0.29) is 18.1 Å². The number of hydrogen-bond acceptors (Lipinski definition) is 6. The first-order chi connectivity index (χ1) is 9.79. The van der Waals surface area contributed by atoms with Gasteiger partial charge in [-0.25, -0.2) is 4.98 Å². The smallest absolute Gasteiger partial charge is 0.226 e. The third-order valence-corrected chi connectivity index (χ3v) is 3.43. The monoisotopic (exact) mass is 297 g/mol. The van der Waals surface area contributed by atoms with Crippen LogP contribution in [0.4, 0.5) is 5.82 Å². The van der Waals surface area contributed by atoms with Gasteiger partial charge in [0.15, 0.2) is 17.0 Å². The van der Waals surface area contributed by atoms with Gasteiger partial charge in [0.05, 0.1) is 12.9 Å². The van der Waals surface area contributed by atoms with E-state index in [0.717, 1.165) is 25.9 Å². The molecule has 20 heavy (non-hydrogen) atoms. The first-order valence-corrected chi connectivity index (χ1v) is 7.04. The molecule has 2 aromatic heterocycles. The highest BCUT2D eigenvalue weighted by atomic mass is 35.5. The van der Waals surface area contributed by atoms with E-state index in [0.29, 0.717) is 23.5 Å². The molecule has 1 atom stereocenters. The molecule has 2 N–H and O–H groups in total. The summed E-state index contributed by atoms with van der Waals surface area (Å²) in [5.74, 6) is 0.531. The molecule has 0 saturated carbocycles. The van der Waals surface area contributed by atoms with E-state index in [1.54, 1.807) is 6.33 Å². The molecule has 108 valence electrons. The van der Waals surface area contributed by atoms with Crippen LogP contribution in [0.1, 0.15) is 25.5 Å². The Hall–Kier alpha value is -1.44. The van der Waals surface area contributed by atoms with E-state index in [2.05, 4.69) is 20.3 Å². The molecule has 3 rings (SSSR count). The van der Waals surface area contributed by atoms with Gasteiger partial charge in [-0.05, 0) is 30.9 Å². The molecule has 1 saturated heterocycles. The lowest BCUT2D eigenvalue weighted by atomic mass is 10.2. The second-order valence-corrected chi connectivity index (χ2v) is 4.97. The Bertz CT molecular complexity index is 597. The maximum Gasteiger partial charge on any atom is 0.226 e. The summed E-state index contributed by atoms with van der Waals surface area (Å²) in [5.41, 5.74) is 1.29. The van der Waals surface area contributed by atoms with Crippen LogP contribution in [-0.4, -0.2) is 44.4 Å². The van der Waals surface area contributed by atoms with Gasteiger partial charge in [-0.15, -0.1) is 0 Å². The van der Waals surface area contributed by atoms with Crippen LogP contribution in [-0.2, 0) is 4.74 Å². The van der Waals surface area contributed by atoms with Crippen LogP contribution in [0.5, 0.6) is 0 Å². The number of imidazole rings is 1. The van der Waals surface area contributed by atoms with Gasteiger partial charge >= 0.3 is 0 Å². The van der Waals surface area contributed by atoms with Crippen molar-refractivity contribution in [3.63, 3.8) is 0 Å². The molecule has 0 aromatic carbocycles. The maximum atomic E-state index is 8.89. The molecular weight excluding hydrogens is 282 g/mol. The largest absolute Gasteiger partial charge is 0.395 e. The predicted molar refractivity (Wildman–Crippen MR) is 74.7 cm³/mol. The Morgan fingerprint density at radius 1 is 1.45 bits per heavy atom. The summed E-state index contributed by atoms with van der Waals surface area (Å²) in [5, 5.41) is 12.0. The third-order valence-electron chi connectivity index (χ3n) is 3.26. The van der Waals surface area contributed by atoms with Crippen LogP contribution in [0.2, 0.25) is 5.28 Å². The minimum atomic E-state index is -0.0505. The van der Waals surface area contributed by atoms with Gasteiger partial charge < -0.3 is 15.2 Å². The van der Waals surface area contributed by atoms with Crippen LogP contribution in [0.3, 0.4) is 0 Å². The summed E-state index contributed by atoms with van der Waals surface area (Å²) in [4.78, 5) is 12.7. The topological polar surface area (TPSA) is 85.1 Å². The van der Waals surface area contributed by atoms with Crippen molar-refractivity contribution in [1.82, 2.24) is 19.5 Å². The fourth-order valence-electron chi connectivity index (χ4n) is 2.34. The number of aliphatic hydroxyl groups excluding tert-OH is 1. The molecule has 8 heteroatoms. The predicted octanol–water partition coefficient (Wildman–Crippen LogP) is 1.58. The van der Waals surface area contributed by atoms with Crippen molar-refractivity contribution < 1.29 is 9.84 Å². The lowest BCUT2D eigenvalue weighted by molar-refractivity contribution is -0.0298. The number of nitrogens with zero attached hydrogens (tertiary/aromatic N) is 4. The van der Waals surface area contributed by atoms with Crippen molar-refractivity contribution in [2.45, 2.75) is 25.5 Å². The van der Waals surface area contributed by atoms with E-state index in [1.165, 1.54) is 0 Å². The van der Waals surface area contributed by atoms with Crippen molar-refractivity contribution in [3.8, 4) is 0 Å². The number of halogens is 1. The van der Waals surface area contributed by atoms with E-state index >= 15 is 0 Å². The zero-order chi connectivity index (χ0) is 13.9. The molecule has 1 aliphatic heterocycles. The molecule has 2 aromatic rings. The molecule has 1 fully saturated rings. The summed E-state index contributed by atoms with van der Waals surface area (Å²) in [6.07, 6.45) is 4.80. The second-order valence-electron chi connectivity index (χ2n) is 4.64. The van der Waals surface area contributed by atoms with E-state index in [9.17, 15) is 0 Å². The number of fused-ring (bicyclic) bond motifs is 1. The first kappa shape index (κ1) is 13.5. The Morgan fingerprint density at radius 3 is 3.10 bits per heavy atom. The highest BCUT2D eigenvalue weighted by molar-refractivity contribution is 6.28. The Labute approximate surface area is 121 Å². The van der Waals surface area contributed by atoms with Gasteiger partial charge in [0.1, 0.15) is 6.23 Å². The van der Waals surface area contributed by atoms with Crippen LogP contribution >= 0.6 is 11.6 Å². The summed E-state index contributed by atoms with van der Waals surface area (Å²) in [7, 11) is 0. The molecule has 3 heterocycles. The molecule has 0 radical (unpaired) electrons. The number of hydrogen-bond donors (Lipinski definition) is 2. The van der Waals surface area contributed by atoms with Crippen molar-refractivity contribution in [1.29, 1.82) is 0 Å². The number of aromatic nitrogens is 4. The third kappa shape index (κ3) is 2.56. The summed E-state index contributed by atoms with van der Waals surface area (Å²) in [6.45, 7) is 1.14. The van der Waals surface area contributed by atoms with E-state index < -0.39 is 0 Å². The molecule has 1 aliphatic rings. The van der Waals surface area contributed by atoms with Crippen LogP contribution in [0, 0.1) is 0 Å². The van der Waals surface area contributed by atoms with Gasteiger partial charge in [0.25, 0.3) is 0 Å². The Kier molecular flexibility index (Phi) is 4.00. The standard InChI is InChI=1S/C12H16ClN5O2/c13-12-16-10(14-4-5-19)9-11(17-12)18(7-15-9)8-3-1-2-6-20-8/h7-8,19H,1-6H2,(H,14,16,17). The summed E-state index contributed by atoms with van der Waals surface area (Å²) >= 11 is 5.96. The lowest BCUT2D eigenvalue weighted by Gasteiger charge is -2.23. The van der Waals surface area contributed by atoms with Crippen LogP contribution in [0.25, 0.3) is 11.2 Å². The van der Waals surface area contributed by atoms with Gasteiger partial charge in [0, 0.05) is 13.2 Å². The van der Waals surface area contributed by atoms with Gasteiger partial charge in [0.2, 0.25) is 5.28 Å². The molecule has 0 amide bonds.